The van der Waals surface area contributed by atoms with Gasteiger partial charge in [-0.15, -0.1) is 0 Å². The molecule has 84 valence electrons. The van der Waals surface area contributed by atoms with Crippen molar-refractivity contribution in [2.75, 3.05) is 40.4 Å². The molecule has 0 bridgehead atoms. The lowest BCUT2D eigenvalue weighted by molar-refractivity contribution is 0.0414. The largest absolute Gasteiger partial charge is 0.395 e. The zero-order chi connectivity index (χ0) is 10.6. The SMILES string of the molecule is CN1CCC(N(C)C(CO)CO)CC1. The van der Waals surface area contributed by atoms with Crippen LogP contribution in [0.4, 0.5) is 0 Å². The Morgan fingerprint density at radius 3 is 2.21 bits per heavy atom. The van der Waals surface area contributed by atoms with Crippen LogP contribution in [0.5, 0.6) is 0 Å². The van der Waals surface area contributed by atoms with Gasteiger partial charge in [-0.25, -0.2) is 0 Å². The third kappa shape index (κ3) is 2.92. The number of rotatable bonds is 4. The summed E-state index contributed by atoms with van der Waals surface area (Å²) >= 11 is 0. The number of piperidine rings is 1. The maximum absolute atomic E-state index is 9.07. The van der Waals surface area contributed by atoms with E-state index in [1.165, 1.54) is 0 Å². The zero-order valence-corrected chi connectivity index (χ0v) is 9.19. The van der Waals surface area contributed by atoms with Crippen molar-refractivity contribution < 1.29 is 10.2 Å². The third-order valence-corrected chi connectivity index (χ3v) is 3.26. The minimum atomic E-state index is -0.0941. The van der Waals surface area contributed by atoms with Crippen LogP contribution in [-0.4, -0.2) is 72.5 Å². The smallest absolute Gasteiger partial charge is 0.0609 e. The van der Waals surface area contributed by atoms with Gasteiger partial charge in [0.15, 0.2) is 0 Å². The number of aliphatic hydroxyl groups is 2. The Labute approximate surface area is 86.1 Å². The predicted octanol–water partition coefficient (Wildman–Crippen LogP) is -0.634. The Balaban J connectivity index is 2.39. The molecule has 1 rings (SSSR count). The Bertz CT molecular complexity index is 154. The van der Waals surface area contributed by atoms with E-state index in [9.17, 15) is 0 Å². The van der Waals surface area contributed by atoms with E-state index in [2.05, 4.69) is 16.8 Å². The molecule has 1 fully saturated rings. The van der Waals surface area contributed by atoms with E-state index in [1.54, 1.807) is 0 Å². The lowest BCUT2D eigenvalue weighted by Gasteiger charge is -2.38. The average Bonchev–Trinajstić information content (AvgIpc) is 2.20. The van der Waals surface area contributed by atoms with Crippen LogP contribution in [0.25, 0.3) is 0 Å². The Morgan fingerprint density at radius 2 is 1.79 bits per heavy atom. The molecular weight excluding hydrogens is 180 g/mol. The van der Waals surface area contributed by atoms with E-state index in [4.69, 9.17) is 10.2 Å². The summed E-state index contributed by atoms with van der Waals surface area (Å²) in [7, 11) is 4.12. The second kappa shape index (κ2) is 5.66. The van der Waals surface area contributed by atoms with Crippen LogP contribution in [0.2, 0.25) is 0 Å². The highest BCUT2D eigenvalue weighted by molar-refractivity contribution is 4.80. The summed E-state index contributed by atoms with van der Waals surface area (Å²) in [6.45, 7) is 2.30. The van der Waals surface area contributed by atoms with E-state index < -0.39 is 0 Å². The summed E-state index contributed by atoms with van der Waals surface area (Å²) < 4.78 is 0. The highest BCUT2D eigenvalue weighted by atomic mass is 16.3. The Hall–Kier alpha value is -0.160. The molecule has 0 spiro atoms. The van der Waals surface area contributed by atoms with Crippen LogP contribution in [0.3, 0.4) is 0 Å². The summed E-state index contributed by atoms with van der Waals surface area (Å²) in [6.07, 6.45) is 2.26. The molecule has 0 aliphatic carbocycles. The summed E-state index contributed by atoms with van der Waals surface area (Å²) in [4.78, 5) is 4.43. The van der Waals surface area contributed by atoms with Gasteiger partial charge in [0.2, 0.25) is 0 Å². The minimum absolute atomic E-state index is 0.0410. The van der Waals surface area contributed by atoms with Crippen LogP contribution >= 0.6 is 0 Å². The van der Waals surface area contributed by atoms with Crippen LogP contribution in [0, 0.1) is 0 Å². The lowest BCUT2D eigenvalue weighted by Crippen LogP contribution is -2.48. The van der Waals surface area contributed by atoms with E-state index in [0.29, 0.717) is 6.04 Å². The molecule has 0 aromatic heterocycles. The molecule has 14 heavy (non-hydrogen) atoms. The number of nitrogens with zero attached hydrogens (tertiary/aromatic N) is 2. The van der Waals surface area contributed by atoms with E-state index in [-0.39, 0.29) is 19.3 Å². The monoisotopic (exact) mass is 202 g/mol. The number of hydrogen-bond acceptors (Lipinski definition) is 4. The summed E-state index contributed by atoms with van der Waals surface area (Å²) in [5.41, 5.74) is 0. The van der Waals surface area contributed by atoms with Crippen LogP contribution in [-0.2, 0) is 0 Å². The standard InChI is InChI=1S/C10H22N2O2/c1-11-5-3-9(4-6-11)12(2)10(7-13)8-14/h9-10,13-14H,3-8H2,1-2H3. The van der Waals surface area contributed by atoms with Gasteiger partial charge in [-0.1, -0.05) is 0 Å². The fourth-order valence-corrected chi connectivity index (χ4v) is 2.02. The molecule has 4 heteroatoms. The van der Waals surface area contributed by atoms with Gasteiger partial charge in [0.1, 0.15) is 0 Å². The normalized spacial score (nSPS) is 21.0. The van der Waals surface area contributed by atoms with E-state index >= 15 is 0 Å². The molecular formula is C10H22N2O2. The van der Waals surface area contributed by atoms with Crippen molar-refractivity contribution >= 4 is 0 Å². The van der Waals surface area contributed by atoms with Crippen LogP contribution in [0.15, 0.2) is 0 Å². The first kappa shape index (κ1) is 11.9. The summed E-state index contributed by atoms with van der Waals surface area (Å²) in [5.74, 6) is 0. The molecule has 0 aromatic carbocycles. The molecule has 0 amide bonds. The second-order valence-corrected chi connectivity index (χ2v) is 4.22. The van der Waals surface area contributed by atoms with Gasteiger partial charge >= 0.3 is 0 Å². The predicted molar refractivity (Wildman–Crippen MR) is 56.2 cm³/mol. The number of likely N-dealkylation sites (N-methyl/N-ethyl adjacent to an activating group) is 1. The fraction of sp³-hybridized carbons (Fsp3) is 1.00. The molecule has 0 saturated carbocycles. The molecule has 0 atom stereocenters. The van der Waals surface area contributed by atoms with Gasteiger partial charge in [0.05, 0.1) is 19.3 Å². The van der Waals surface area contributed by atoms with Crippen LogP contribution in [0.1, 0.15) is 12.8 Å². The Kier molecular flexibility index (Phi) is 4.81. The van der Waals surface area contributed by atoms with Gasteiger partial charge < -0.3 is 15.1 Å². The fourth-order valence-electron chi connectivity index (χ4n) is 2.02. The van der Waals surface area contributed by atoms with Gasteiger partial charge in [-0.3, -0.25) is 4.90 Å². The first-order chi connectivity index (χ1) is 6.69. The highest BCUT2D eigenvalue weighted by Crippen LogP contribution is 2.15. The van der Waals surface area contributed by atoms with Crippen LogP contribution < -0.4 is 0 Å². The molecule has 4 nitrogen and oxygen atoms in total. The molecule has 1 aliphatic heterocycles. The lowest BCUT2D eigenvalue weighted by atomic mass is 10.0. The highest BCUT2D eigenvalue weighted by Gasteiger charge is 2.24. The van der Waals surface area contributed by atoms with Gasteiger partial charge in [0.25, 0.3) is 0 Å². The first-order valence-electron chi connectivity index (χ1n) is 5.31. The number of aliphatic hydroxyl groups excluding tert-OH is 2. The maximum Gasteiger partial charge on any atom is 0.0609 e. The molecule has 0 unspecified atom stereocenters. The molecule has 1 saturated heterocycles. The van der Waals surface area contributed by atoms with Crippen molar-refractivity contribution in [3.63, 3.8) is 0 Å². The quantitative estimate of drug-likeness (QED) is 0.637. The van der Waals surface area contributed by atoms with Crippen molar-refractivity contribution in [3.8, 4) is 0 Å². The zero-order valence-electron chi connectivity index (χ0n) is 9.19. The maximum atomic E-state index is 9.07. The van der Waals surface area contributed by atoms with E-state index in [0.717, 1.165) is 25.9 Å². The molecule has 1 aliphatic rings. The van der Waals surface area contributed by atoms with Crippen molar-refractivity contribution in [1.29, 1.82) is 0 Å². The van der Waals surface area contributed by atoms with Gasteiger partial charge in [-0.2, -0.15) is 0 Å². The van der Waals surface area contributed by atoms with Crippen molar-refractivity contribution in [3.05, 3.63) is 0 Å². The van der Waals surface area contributed by atoms with Gasteiger partial charge in [-0.05, 0) is 40.0 Å². The summed E-state index contributed by atoms with van der Waals surface area (Å²) in [6, 6.07) is 0.416. The van der Waals surface area contributed by atoms with Gasteiger partial charge in [0, 0.05) is 6.04 Å². The summed E-state index contributed by atoms with van der Waals surface area (Å²) in [5, 5.41) is 18.1. The second-order valence-electron chi connectivity index (χ2n) is 4.22. The van der Waals surface area contributed by atoms with Crippen molar-refractivity contribution in [1.82, 2.24) is 9.80 Å². The molecule has 0 radical (unpaired) electrons. The first-order valence-corrected chi connectivity index (χ1v) is 5.31. The topological polar surface area (TPSA) is 46.9 Å². The average molecular weight is 202 g/mol. The van der Waals surface area contributed by atoms with Crippen molar-refractivity contribution in [2.24, 2.45) is 0 Å². The molecule has 2 N–H and O–H groups in total. The van der Waals surface area contributed by atoms with E-state index in [1.807, 2.05) is 7.05 Å². The molecule has 0 aromatic rings. The van der Waals surface area contributed by atoms with Crippen molar-refractivity contribution in [2.45, 2.75) is 24.9 Å². The number of likely N-dealkylation sites (tertiary alicyclic amines) is 1. The minimum Gasteiger partial charge on any atom is -0.395 e. The third-order valence-electron chi connectivity index (χ3n) is 3.26. The molecule has 1 heterocycles. The number of hydrogen-bond donors (Lipinski definition) is 2. The Morgan fingerprint density at radius 1 is 1.29 bits per heavy atom.